The molecule has 0 aliphatic heterocycles. The monoisotopic (exact) mass is 855 g/mol. The van der Waals surface area contributed by atoms with E-state index in [1.807, 2.05) is 75.6 Å². The number of rotatable bonds is 10. The quantitative estimate of drug-likeness (QED) is 0.0970. The van der Waals surface area contributed by atoms with Crippen LogP contribution in [0.15, 0.2) is 125 Å². The molecule has 0 fully saturated rings. The summed E-state index contributed by atoms with van der Waals surface area (Å²) < 4.78 is 2.86. The molecule has 320 valence electrons. The second kappa shape index (κ2) is 26.6. The van der Waals surface area contributed by atoms with Gasteiger partial charge in [-0.05, 0) is 115 Å². The molecule has 0 unspecified atom stereocenters. The highest BCUT2D eigenvalue weighted by molar-refractivity contribution is 7.33. The summed E-state index contributed by atoms with van der Waals surface area (Å²) in [7, 11) is 0. The molecule has 0 saturated carbocycles. The van der Waals surface area contributed by atoms with Crippen LogP contribution in [0.4, 0.5) is 0 Å². The zero-order valence-electron chi connectivity index (χ0n) is 40.7. The topological polar surface area (TPSA) is 0 Å². The molecule has 0 spiro atoms. The van der Waals surface area contributed by atoms with E-state index < -0.39 is 0 Å². The van der Waals surface area contributed by atoms with Crippen molar-refractivity contribution >= 4 is 67.9 Å². The maximum atomic E-state index is 2.38. The number of benzene rings is 2. The van der Waals surface area contributed by atoms with Crippen molar-refractivity contribution in [1.82, 2.24) is 0 Å². The van der Waals surface area contributed by atoms with Gasteiger partial charge in [-0.15, -0.1) is 34.0 Å². The average Bonchev–Trinajstić information content (AvgIpc) is 4.01. The van der Waals surface area contributed by atoms with E-state index in [-0.39, 0.29) is 6.71 Å². The Morgan fingerprint density at radius 2 is 1.15 bits per heavy atom. The first-order chi connectivity index (χ1) is 28.8. The third kappa shape index (κ3) is 14.5. The molecule has 1 aliphatic carbocycles. The molecule has 5 aromatic rings. The van der Waals surface area contributed by atoms with E-state index in [0.29, 0.717) is 6.71 Å². The van der Waals surface area contributed by atoms with E-state index in [9.17, 15) is 0 Å². The first kappa shape index (κ1) is 52.5. The van der Waals surface area contributed by atoms with Gasteiger partial charge < -0.3 is 0 Å². The highest BCUT2D eigenvalue weighted by Crippen LogP contribution is 2.38. The highest BCUT2D eigenvalue weighted by atomic mass is 32.1. The predicted molar refractivity (Wildman–Crippen MR) is 286 cm³/mol. The fourth-order valence-corrected chi connectivity index (χ4v) is 11.2. The maximum Gasteiger partial charge on any atom is 0.254 e. The Morgan fingerprint density at radius 3 is 1.70 bits per heavy atom. The Hall–Kier alpha value is -3.63. The Morgan fingerprint density at radius 1 is 0.633 bits per heavy atom. The SMILES string of the molecule is CB(C1=C(C)C=C(C)C=CC1)c1ccc(-c2ccc(-c3ccc(B(c4ccc(C)cc4C)c4c(C)cc(C)cc4C)s3)s2)s1.CC.CC.CC.CC/C=C(C)\C=C(\C)CC. The standard InChI is InChI=1S/C39H40B2S3.C10H18.3C2H6/c1-24-10-9-11-31(27(4)20-24)40(8)37-18-16-35(43-37)33-14-15-34(42-33)36-17-19-38(44-36)41(32-13-12-25(2)21-28(32)5)39-29(6)22-26(3)23-30(39)7;1-5-7-10(4)8-9(3)6-2;3*1-2/h9-10,12-23H,11H2,1-8H3;7-8H,5-6H2,1-4H3;3*1-2H3/b;9-8-,10-7-;;;. The van der Waals surface area contributed by atoms with Gasteiger partial charge in [-0.1, -0.05) is 202 Å². The molecule has 5 heteroatoms. The zero-order valence-corrected chi connectivity index (χ0v) is 43.2. The summed E-state index contributed by atoms with van der Waals surface area (Å²) in [6.07, 6.45) is 14.7. The molecule has 60 heavy (non-hydrogen) atoms. The Balaban J connectivity index is 0.000000670. The lowest BCUT2D eigenvalue weighted by atomic mass is 9.37. The minimum atomic E-state index is 0.228. The smallest absolute Gasteiger partial charge is 0.149 e. The van der Waals surface area contributed by atoms with E-state index in [4.69, 9.17) is 0 Å². The third-order valence-corrected chi connectivity index (χ3v) is 14.5. The number of hydrogen-bond donors (Lipinski definition) is 0. The third-order valence-electron chi connectivity index (χ3n) is 10.6. The van der Waals surface area contributed by atoms with E-state index in [1.165, 1.54) is 95.6 Å². The summed E-state index contributed by atoms with van der Waals surface area (Å²) in [6, 6.07) is 25.7. The van der Waals surface area contributed by atoms with Gasteiger partial charge in [0.15, 0.2) is 0 Å². The van der Waals surface area contributed by atoms with E-state index in [2.05, 4.69) is 180 Å². The summed E-state index contributed by atoms with van der Waals surface area (Å²) in [5.74, 6) is 0. The van der Waals surface area contributed by atoms with Crippen LogP contribution < -0.4 is 20.5 Å². The van der Waals surface area contributed by atoms with Crippen LogP contribution >= 0.6 is 34.0 Å². The molecule has 0 saturated heterocycles. The zero-order chi connectivity index (χ0) is 45.1. The first-order valence-corrected chi connectivity index (χ1v) is 25.1. The molecule has 0 N–H and O–H groups in total. The predicted octanol–water partition coefficient (Wildman–Crippen LogP) is 16.1. The second-order valence-corrected chi connectivity index (χ2v) is 18.6. The van der Waals surface area contributed by atoms with Gasteiger partial charge in [0.2, 0.25) is 6.71 Å². The van der Waals surface area contributed by atoms with Gasteiger partial charge in [0.1, 0.15) is 0 Å². The molecular weight excluding hydrogens is 778 g/mol. The minimum absolute atomic E-state index is 0.228. The molecule has 3 heterocycles. The van der Waals surface area contributed by atoms with Crippen LogP contribution in [0.5, 0.6) is 0 Å². The van der Waals surface area contributed by atoms with Gasteiger partial charge in [-0.2, -0.15) is 0 Å². The number of allylic oxidation sites excluding steroid dienone is 10. The van der Waals surface area contributed by atoms with Crippen molar-refractivity contribution in [1.29, 1.82) is 0 Å². The Kier molecular flexibility index (Phi) is 23.3. The molecule has 6 rings (SSSR count). The minimum Gasteiger partial charge on any atom is -0.149 e. The molecule has 1 aliphatic rings. The van der Waals surface area contributed by atoms with Crippen molar-refractivity contribution in [2.45, 2.75) is 144 Å². The summed E-state index contributed by atoms with van der Waals surface area (Å²) in [4.78, 5) is 5.43. The van der Waals surface area contributed by atoms with Gasteiger partial charge >= 0.3 is 0 Å². The van der Waals surface area contributed by atoms with Gasteiger partial charge in [0, 0.05) is 19.5 Å². The van der Waals surface area contributed by atoms with Crippen molar-refractivity contribution < 1.29 is 0 Å². The average molecular weight is 855 g/mol. The lowest BCUT2D eigenvalue weighted by molar-refractivity contribution is 1.09. The van der Waals surface area contributed by atoms with E-state index in [1.54, 1.807) is 0 Å². The van der Waals surface area contributed by atoms with Crippen LogP contribution in [0.25, 0.3) is 19.5 Å². The maximum absolute atomic E-state index is 2.38. The molecule has 3 aromatic heterocycles. The number of hydrogen-bond acceptors (Lipinski definition) is 3. The molecule has 0 nitrogen and oxygen atoms in total. The lowest BCUT2D eigenvalue weighted by Crippen LogP contribution is -2.53. The molecule has 2 aromatic carbocycles. The van der Waals surface area contributed by atoms with Gasteiger partial charge in [0.05, 0.1) is 0 Å². The second-order valence-electron chi connectivity index (χ2n) is 15.3. The van der Waals surface area contributed by atoms with Crippen LogP contribution in [0.3, 0.4) is 0 Å². The summed E-state index contributed by atoms with van der Waals surface area (Å²) in [5.41, 5.74) is 16.7. The van der Waals surface area contributed by atoms with Crippen LogP contribution in [-0.4, -0.2) is 13.4 Å². The normalized spacial score (nSPS) is 12.4. The fourth-order valence-electron chi connectivity index (χ4n) is 7.78. The summed E-state index contributed by atoms with van der Waals surface area (Å²) in [5, 5.41) is 0. The molecular formula is C55H76B2S3. The van der Waals surface area contributed by atoms with Crippen molar-refractivity contribution in [3.8, 4) is 19.5 Å². The molecule has 0 amide bonds. The van der Waals surface area contributed by atoms with Gasteiger partial charge in [0.25, 0.3) is 6.71 Å². The van der Waals surface area contributed by atoms with Crippen molar-refractivity contribution in [2.24, 2.45) is 0 Å². The number of aryl methyl sites for hydroxylation is 5. The van der Waals surface area contributed by atoms with Crippen molar-refractivity contribution in [3.05, 3.63) is 153 Å². The van der Waals surface area contributed by atoms with Crippen molar-refractivity contribution in [3.63, 3.8) is 0 Å². The van der Waals surface area contributed by atoms with Crippen LogP contribution in [0.1, 0.15) is 130 Å². The Labute approximate surface area is 381 Å². The van der Waals surface area contributed by atoms with E-state index in [0.717, 1.165) is 19.3 Å². The summed E-state index contributed by atoms with van der Waals surface area (Å²) >= 11 is 5.83. The molecule has 0 atom stereocenters. The van der Waals surface area contributed by atoms with Crippen LogP contribution in [0, 0.1) is 34.6 Å². The summed E-state index contributed by atoms with van der Waals surface area (Å²) in [6.45, 7) is 39.4. The molecule has 0 radical (unpaired) electrons. The van der Waals surface area contributed by atoms with E-state index >= 15 is 0 Å². The Bertz CT molecular complexity index is 2220. The highest BCUT2D eigenvalue weighted by Gasteiger charge is 2.29. The number of thiophene rings is 3. The lowest BCUT2D eigenvalue weighted by Gasteiger charge is -2.21. The van der Waals surface area contributed by atoms with Crippen molar-refractivity contribution in [2.75, 3.05) is 0 Å². The van der Waals surface area contributed by atoms with Gasteiger partial charge in [-0.3, -0.25) is 0 Å². The molecule has 0 bridgehead atoms. The largest absolute Gasteiger partial charge is 0.254 e. The fraction of sp³-hybridized carbons (Fsp3) is 0.382. The van der Waals surface area contributed by atoms with Crippen LogP contribution in [-0.2, 0) is 0 Å². The van der Waals surface area contributed by atoms with Gasteiger partial charge in [-0.25, -0.2) is 0 Å². The van der Waals surface area contributed by atoms with Crippen LogP contribution in [0.2, 0.25) is 6.82 Å². The first-order valence-electron chi connectivity index (χ1n) is 22.6.